The molecule has 1 N–H and O–H groups in total. The van der Waals surface area contributed by atoms with E-state index in [2.05, 4.69) is 11.9 Å². The van der Waals surface area contributed by atoms with E-state index in [1.54, 1.807) is 0 Å². The fourth-order valence-electron chi connectivity index (χ4n) is 0.663. The van der Waals surface area contributed by atoms with E-state index in [4.69, 9.17) is 0 Å². The van der Waals surface area contributed by atoms with Gasteiger partial charge in [-0.25, -0.2) is 0 Å². The Kier molecular flexibility index (Phi) is 5.37. The Morgan fingerprint density at radius 2 is 2.08 bits per heavy atom. The minimum absolute atomic E-state index is 0.0895. The summed E-state index contributed by atoms with van der Waals surface area (Å²) in [4.78, 5) is 13.1. The Morgan fingerprint density at radius 1 is 1.50 bits per heavy atom. The molecule has 0 rings (SSSR count). The average Bonchev–Trinajstić information content (AvgIpc) is 1.96. The molecule has 70 valence electrons. The Balaban J connectivity index is 3.40. The molecule has 0 aromatic heterocycles. The van der Waals surface area contributed by atoms with Crippen molar-refractivity contribution in [3.63, 3.8) is 0 Å². The summed E-state index contributed by atoms with van der Waals surface area (Å²) in [5.74, 6) is 0.0895. The van der Waals surface area contributed by atoms with Gasteiger partial charge in [0.2, 0.25) is 5.91 Å². The average molecular weight is 170 g/mol. The molecule has 0 aromatic rings. The summed E-state index contributed by atoms with van der Waals surface area (Å²) in [6.45, 7) is 6.98. The first kappa shape index (κ1) is 11.2. The van der Waals surface area contributed by atoms with Crippen LogP contribution in [0.25, 0.3) is 0 Å². The van der Waals surface area contributed by atoms with Crippen LogP contribution >= 0.6 is 0 Å². The third kappa shape index (κ3) is 7.28. The van der Waals surface area contributed by atoms with Gasteiger partial charge < -0.3 is 10.2 Å². The third-order valence-corrected chi connectivity index (χ3v) is 1.37. The second-order valence-electron chi connectivity index (χ2n) is 3.29. The number of hydrogen-bond donors (Lipinski definition) is 1. The van der Waals surface area contributed by atoms with Gasteiger partial charge in [0.05, 0.1) is 0 Å². The molecule has 0 unspecified atom stereocenters. The molecule has 12 heavy (non-hydrogen) atoms. The van der Waals surface area contributed by atoms with Crippen LogP contribution in [-0.2, 0) is 4.79 Å². The summed E-state index contributed by atoms with van der Waals surface area (Å²) < 4.78 is 0. The van der Waals surface area contributed by atoms with Crippen molar-refractivity contribution in [2.24, 2.45) is 0 Å². The molecular formula is C9H18N2O. The van der Waals surface area contributed by atoms with Crippen LogP contribution in [0.1, 0.15) is 13.3 Å². The monoisotopic (exact) mass is 170 g/mol. The Hall–Kier alpha value is -0.830. The molecule has 0 aliphatic rings. The first-order valence-electron chi connectivity index (χ1n) is 4.08. The van der Waals surface area contributed by atoms with Crippen molar-refractivity contribution in [1.82, 2.24) is 10.2 Å². The van der Waals surface area contributed by atoms with Gasteiger partial charge in [-0.1, -0.05) is 12.2 Å². The highest BCUT2D eigenvalue weighted by atomic mass is 16.1. The van der Waals surface area contributed by atoms with Crippen molar-refractivity contribution in [3.05, 3.63) is 12.2 Å². The Labute approximate surface area is 74.4 Å². The van der Waals surface area contributed by atoms with E-state index in [-0.39, 0.29) is 5.91 Å². The highest BCUT2D eigenvalue weighted by molar-refractivity contribution is 5.76. The lowest BCUT2D eigenvalue weighted by molar-refractivity contribution is -0.121. The zero-order chi connectivity index (χ0) is 9.56. The number of rotatable bonds is 5. The van der Waals surface area contributed by atoms with Crippen molar-refractivity contribution < 1.29 is 4.79 Å². The molecule has 0 fully saturated rings. The fraction of sp³-hybridized carbons (Fsp3) is 0.667. The Bertz CT molecular complexity index is 164. The van der Waals surface area contributed by atoms with Crippen LogP contribution < -0.4 is 5.32 Å². The van der Waals surface area contributed by atoms with Crippen LogP contribution in [0.4, 0.5) is 0 Å². The van der Waals surface area contributed by atoms with E-state index in [0.29, 0.717) is 13.0 Å². The SMILES string of the molecule is C=C(C)CNC(=O)CCN(C)C. The molecule has 0 heterocycles. The van der Waals surface area contributed by atoms with Crippen LogP contribution in [0, 0.1) is 0 Å². The van der Waals surface area contributed by atoms with Gasteiger partial charge >= 0.3 is 0 Å². The maximum atomic E-state index is 11.1. The molecule has 3 heteroatoms. The number of hydrogen-bond acceptors (Lipinski definition) is 2. The first-order chi connectivity index (χ1) is 5.52. The van der Waals surface area contributed by atoms with Gasteiger partial charge in [-0.05, 0) is 21.0 Å². The molecular weight excluding hydrogens is 152 g/mol. The van der Waals surface area contributed by atoms with Gasteiger partial charge in [-0.3, -0.25) is 4.79 Å². The predicted molar refractivity (Wildman–Crippen MR) is 51.0 cm³/mol. The van der Waals surface area contributed by atoms with E-state index in [0.717, 1.165) is 12.1 Å². The molecule has 0 bridgehead atoms. The number of carbonyl (C=O) groups excluding carboxylic acids is 1. The minimum atomic E-state index is 0.0895. The molecule has 0 aliphatic carbocycles. The highest BCUT2D eigenvalue weighted by Gasteiger charge is 2.00. The van der Waals surface area contributed by atoms with Gasteiger partial charge in [0.15, 0.2) is 0 Å². The quantitative estimate of drug-likeness (QED) is 0.614. The molecule has 0 aliphatic heterocycles. The number of amides is 1. The summed E-state index contributed by atoms with van der Waals surface area (Å²) in [6.07, 6.45) is 0.556. The smallest absolute Gasteiger partial charge is 0.221 e. The Morgan fingerprint density at radius 3 is 2.50 bits per heavy atom. The van der Waals surface area contributed by atoms with E-state index in [1.165, 1.54) is 0 Å². The molecule has 0 spiro atoms. The molecule has 0 aromatic carbocycles. The predicted octanol–water partition coefficient (Wildman–Crippen LogP) is 0.630. The highest BCUT2D eigenvalue weighted by Crippen LogP contribution is 1.86. The summed E-state index contributed by atoms with van der Waals surface area (Å²) in [5.41, 5.74) is 0.980. The lowest BCUT2D eigenvalue weighted by atomic mass is 10.3. The molecule has 0 atom stereocenters. The summed E-state index contributed by atoms with van der Waals surface area (Å²) >= 11 is 0. The lowest BCUT2D eigenvalue weighted by Crippen LogP contribution is -2.28. The van der Waals surface area contributed by atoms with Crippen molar-refractivity contribution in [2.75, 3.05) is 27.2 Å². The van der Waals surface area contributed by atoms with Crippen LogP contribution in [0.3, 0.4) is 0 Å². The first-order valence-corrected chi connectivity index (χ1v) is 4.08. The van der Waals surface area contributed by atoms with E-state index in [9.17, 15) is 4.79 Å². The van der Waals surface area contributed by atoms with Crippen molar-refractivity contribution in [2.45, 2.75) is 13.3 Å². The standard InChI is InChI=1S/C9H18N2O/c1-8(2)7-10-9(12)5-6-11(3)4/h1,5-7H2,2-4H3,(H,10,12). The number of carbonyl (C=O) groups is 1. The van der Waals surface area contributed by atoms with E-state index in [1.807, 2.05) is 25.9 Å². The van der Waals surface area contributed by atoms with Crippen molar-refractivity contribution in [3.8, 4) is 0 Å². The van der Waals surface area contributed by atoms with Crippen LogP contribution in [-0.4, -0.2) is 38.0 Å². The van der Waals surface area contributed by atoms with Gasteiger partial charge in [-0.15, -0.1) is 0 Å². The number of nitrogens with zero attached hydrogens (tertiary/aromatic N) is 1. The largest absolute Gasteiger partial charge is 0.352 e. The summed E-state index contributed by atoms with van der Waals surface area (Å²) in [6, 6.07) is 0. The van der Waals surface area contributed by atoms with Gasteiger partial charge in [0.25, 0.3) is 0 Å². The third-order valence-electron chi connectivity index (χ3n) is 1.37. The molecule has 3 nitrogen and oxygen atoms in total. The van der Waals surface area contributed by atoms with E-state index < -0.39 is 0 Å². The summed E-state index contributed by atoms with van der Waals surface area (Å²) in [7, 11) is 3.90. The van der Waals surface area contributed by atoms with Gasteiger partial charge in [0, 0.05) is 19.5 Å². The fourth-order valence-corrected chi connectivity index (χ4v) is 0.663. The lowest BCUT2D eigenvalue weighted by Gasteiger charge is -2.09. The second kappa shape index (κ2) is 5.77. The van der Waals surface area contributed by atoms with Crippen LogP contribution in [0.2, 0.25) is 0 Å². The molecule has 0 radical (unpaired) electrons. The van der Waals surface area contributed by atoms with E-state index >= 15 is 0 Å². The van der Waals surface area contributed by atoms with Crippen LogP contribution in [0.5, 0.6) is 0 Å². The summed E-state index contributed by atoms with van der Waals surface area (Å²) in [5, 5.41) is 2.77. The second-order valence-corrected chi connectivity index (χ2v) is 3.29. The topological polar surface area (TPSA) is 32.3 Å². The normalized spacial score (nSPS) is 10.0. The molecule has 0 saturated heterocycles. The van der Waals surface area contributed by atoms with Crippen LogP contribution in [0.15, 0.2) is 12.2 Å². The maximum Gasteiger partial charge on any atom is 0.221 e. The molecule has 1 amide bonds. The molecule has 0 saturated carbocycles. The maximum absolute atomic E-state index is 11.1. The minimum Gasteiger partial charge on any atom is -0.352 e. The number of nitrogens with one attached hydrogen (secondary N) is 1. The zero-order valence-corrected chi connectivity index (χ0v) is 8.18. The zero-order valence-electron chi connectivity index (χ0n) is 8.18. The van der Waals surface area contributed by atoms with Crippen molar-refractivity contribution >= 4 is 5.91 Å². The van der Waals surface area contributed by atoms with Crippen molar-refractivity contribution in [1.29, 1.82) is 0 Å². The van der Waals surface area contributed by atoms with Gasteiger partial charge in [0.1, 0.15) is 0 Å². The van der Waals surface area contributed by atoms with Gasteiger partial charge in [-0.2, -0.15) is 0 Å².